The van der Waals surface area contributed by atoms with Crippen LogP contribution in [0.2, 0.25) is 0 Å². The molecule has 1 aliphatic rings. The molecule has 112 valence electrons. The van der Waals surface area contributed by atoms with E-state index in [1.165, 1.54) is 20.0 Å². The Bertz CT molecular complexity index is 434. The molecule has 0 amide bonds. The van der Waals surface area contributed by atoms with Gasteiger partial charge in [0.05, 0.1) is 25.8 Å². The zero-order valence-electron chi connectivity index (χ0n) is 12.1. The molecule has 0 aliphatic carbocycles. The second kappa shape index (κ2) is 7.59. The van der Waals surface area contributed by atoms with Gasteiger partial charge in [0.2, 0.25) is 0 Å². The predicted molar refractivity (Wildman–Crippen MR) is 79.3 cm³/mol. The number of rotatable bonds is 6. The molecule has 1 aliphatic heterocycles. The van der Waals surface area contributed by atoms with Crippen molar-refractivity contribution in [3.8, 4) is 0 Å². The number of hydrogen-bond acceptors (Lipinski definition) is 6. The van der Waals surface area contributed by atoms with Gasteiger partial charge in [0.1, 0.15) is 0 Å². The summed E-state index contributed by atoms with van der Waals surface area (Å²) < 4.78 is 9.90. The molecule has 6 heteroatoms. The Morgan fingerprint density at radius 2 is 2.40 bits per heavy atom. The van der Waals surface area contributed by atoms with Gasteiger partial charge < -0.3 is 14.4 Å². The molecule has 1 unspecified atom stereocenters. The fourth-order valence-corrected chi connectivity index (χ4v) is 3.40. The van der Waals surface area contributed by atoms with Gasteiger partial charge in [-0.25, -0.2) is 4.98 Å². The Morgan fingerprint density at radius 3 is 3.15 bits per heavy atom. The Balaban J connectivity index is 1.89. The lowest BCUT2D eigenvalue weighted by Gasteiger charge is -2.32. The summed E-state index contributed by atoms with van der Waals surface area (Å²) in [6.45, 7) is 2.89. The first-order valence-corrected chi connectivity index (χ1v) is 7.86. The molecule has 2 heterocycles. The average molecular weight is 298 g/mol. The van der Waals surface area contributed by atoms with Gasteiger partial charge in [0.25, 0.3) is 0 Å². The van der Waals surface area contributed by atoms with E-state index in [9.17, 15) is 4.79 Å². The molecule has 1 saturated heterocycles. The van der Waals surface area contributed by atoms with Crippen LogP contribution in [0.25, 0.3) is 0 Å². The summed E-state index contributed by atoms with van der Waals surface area (Å²) in [5.41, 5.74) is 0.976. The monoisotopic (exact) mass is 298 g/mol. The summed E-state index contributed by atoms with van der Waals surface area (Å²) >= 11 is 1.66. The lowest BCUT2D eigenvalue weighted by molar-refractivity contribution is -0.140. The normalized spacial score (nSPS) is 19.1. The van der Waals surface area contributed by atoms with E-state index in [0.29, 0.717) is 18.8 Å². The van der Waals surface area contributed by atoms with Crippen molar-refractivity contribution in [2.45, 2.75) is 25.7 Å². The number of methoxy groups -OCH3 is 2. The van der Waals surface area contributed by atoms with Crippen molar-refractivity contribution in [3.05, 3.63) is 11.1 Å². The highest BCUT2D eigenvalue weighted by Crippen LogP contribution is 2.26. The minimum atomic E-state index is -0.183. The third kappa shape index (κ3) is 4.18. The summed E-state index contributed by atoms with van der Waals surface area (Å²) in [7, 11) is 3.17. The van der Waals surface area contributed by atoms with E-state index in [4.69, 9.17) is 4.74 Å². The number of esters is 1. The van der Waals surface area contributed by atoms with Gasteiger partial charge in [0, 0.05) is 32.0 Å². The maximum absolute atomic E-state index is 11.1. The number of aromatic nitrogens is 1. The summed E-state index contributed by atoms with van der Waals surface area (Å²) in [6.07, 6.45) is 3.46. The molecule has 1 atom stereocenters. The third-order valence-corrected chi connectivity index (χ3v) is 4.49. The first-order chi connectivity index (χ1) is 9.72. The van der Waals surface area contributed by atoms with Crippen molar-refractivity contribution in [1.29, 1.82) is 0 Å². The van der Waals surface area contributed by atoms with Crippen LogP contribution in [0, 0.1) is 5.92 Å². The van der Waals surface area contributed by atoms with E-state index in [0.717, 1.165) is 30.5 Å². The Morgan fingerprint density at radius 1 is 1.55 bits per heavy atom. The number of carbonyl (C=O) groups excluding carboxylic acids is 1. The molecule has 0 spiro atoms. The minimum absolute atomic E-state index is 0.183. The second-order valence-corrected chi connectivity index (χ2v) is 5.94. The highest BCUT2D eigenvalue weighted by atomic mass is 32.1. The molecular formula is C14H22N2O3S. The molecule has 0 N–H and O–H groups in total. The molecule has 20 heavy (non-hydrogen) atoms. The Hall–Kier alpha value is -1.14. The fraction of sp³-hybridized carbons (Fsp3) is 0.714. The second-order valence-electron chi connectivity index (χ2n) is 5.11. The molecule has 0 radical (unpaired) electrons. The number of ether oxygens (including phenoxy) is 2. The Labute approximate surface area is 123 Å². The van der Waals surface area contributed by atoms with Crippen LogP contribution in [0.3, 0.4) is 0 Å². The zero-order chi connectivity index (χ0) is 14.4. The van der Waals surface area contributed by atoms with Crippen LogP contribution in [-0.4, -0.2) is 44.9 Å². The van der Waals surface area contributed by atoms with Crippen molar-refractivity contribution in [1.82, 2.24) is 4.98 Å². The smallest absolute Gasteiger partial charge is 0.305 e. The van der Waals surface area contributed by atoms with Gasteiger partial charge in [-0.2, -0.15) is 0 Å². The standard InChI is InChI=1S/C14H22N2O3S/c1-18-9-11-4-3-7-16(8-11)14-15-12(10-20-14)5-6-13(17)19-2/h10-11H,3-9H2,1-2H3. The van der Waals surface area contributed by atoms with Crippen LogP contribution in [0.5, 0.6) is 0 Å². The minimum Gasteiger partial charge on any atom is -0.469 e. The predicted octanol–water partition coefficient (Wildman–Crippen LogP) is 2.11. The highest BCUT2D eigenvalue weighted by Gasteiger charge is 2.22. The van der Waals surface area contributed by atoms with Gasteiger partial charge in [-0.15, -0.1) is 11.3 Å². The van der Waals surface area contributed by atoms with Gasteiger partial charge >= 0.3 is 5.97 Å². The van der Waals surface area contributed by atoms with Crippen LogP contribution in [0.1, 0.15) is 25.0 Å². The highest BCUT2D eigenvalue weighted by molar-refractivity contribution is 7.13. The summed E-state index contributed by atoms with van der Waals surface area (Å²) in [4.78, 5) is 18.1. The first-order valence-electron chi connectivity index (χ1n) is 6.98. The van der Waals surface area contributed by atoms with Crippen LogP contribution in [0.4, 0.5) is 5.13 Å². The van der Waals surface area contributed by atoms with Crippen LogP contribution < -0.4 is 4.90 Å². The fourth-order valence-electron chi connectivity index (χ4n) is 2.50. The summed E-state index contributed by atoms with van der Waals surface area (Å²) in [6, 6.07) is 0. The number of carbonyl (C=O) groups is 1. The van der Waals surface area contributed by atoms with Gasteiger partial charge in [-0.05, 0) is 18.8 Å². The Kier molecular flexibility index (Phi) is 5.79. The largest absolute Gasteiger partial charge is 0.469 e. The topological polar surface area (TPSA) is 51.7 Å². The van der Waals surface area contributed by atoms with E-state index >= 15 is 0 Å². The average Bonchev–Trinajstić information content (AvgIpc) is 2.94. The molecule has 1 fully saturated rings. The van der Waals surface area contributed by atoms with Crippen molar-refractivity contribution >= 4 is 22.4 Å². The molecule has 1 aromatic rings. The van der Waals surface area contributed by atoms with Crippen molar-refractivity contribution in [2.24, 2.45) is 5.92 Å². The molecule has 1 aromatic heterocycles. The van der Waals surface area contributed by atoms with Crippen LogP contribution in [-0.2, 0) is 20.7 Å². The van der Waals surface area contributed by atoms with Crippen molar-refractivity contribution < 1.29 is 14.3 Å². The third-order valence-electron chi connectivity index (χ3n) is 3.54. The molecule has 2 rings (SSSR count). The molecule has 0 saturated carbocycles. The zero-order valence-corrected chi connectivity index (χ0v) is 12.9. The van der Waals surface area contributed by atoms with E-state index in [-0.39, 0.29) is 5.97 Å². The van der Waals surface area contributed by atoms with Gasteiger partial charge in [-0.3, -0.25) is 4.79 Å². The SMILES string of the molecule is COCC1CCCN(c2nc(CCC(=O)OC)cs2)C1. The maximum atomic E-state index is 11.1. The molecule has 5 nitrogen and oxygen atoms in total. The lowest BCUT2D eigenvalue weighted by atomic mass is 9.99. The van der Waals surface area contributed by atoms with Crippen molar-refractivity contribution in [3.63, 3.8) is 0 Å². The van der Waals surface area contributed by atoms with Gasteiger partial charge in [-0.1, -0.05) is 0 Å². The molecule has 0 aromatic carbocycles. The number of thiazole rings is 1. The van der Waals surface area contributed by atoms with Gasteiger partial charge in [0.15, 0.2) is 5.13 Å². The quantitative estimate of drug-likeness (QED) is 0.753. The number of piperidine rings is 1. The van der Waals surface area contributed by atoms with Crippen LogP contribution >= 0.6 is 11.3 Å². The first kappa shape index (κ1) is 15.3. The van der Waals surface area contributed by atoms with E-state index < -0.39 is 0 Å². The van der Waals surface area contributed by atoms with Crippen LogP contribution in [0.15, 0.2) is 5.38 Å². The van der Waals surface area contributed by atoms with E-state index in [1.807, 2.05) is 5.38 Å². The van der Waals surface area contributed by atoms with E-state index in [2.05, 4.69) is 14.6 Å². The summed E-state index contributed by atoms with van der Waals surface area (Å²) in [5, 5.41) is 3.10. The maximum Gasteiger partial charge on any atom is 0.305 e. The summed E-state index contributed by atoms with van der Waals surface area (Å²) in [5.74, 6) is 0.411. The number of nitrogens with zero attached hydrogens (tertiary/aromatic N) is 2. The van der Waals surface area contributed by atoms with E-state index in [1.54, 1.807) is 18.4 Å². The number of aryl methyl sites for hydroxylation is 1. The molecule has 0 bridgehead atoms. The number of anilines is 1. The van der Waals surface area contributed by atoms with Crippen molar-refractivity contribution in [2.75, 3.05) is 38.8 Å². The lowest BCUT2D eigenvalue weighted by Crippen LogP contribution is -2.37. The number of hydrogen-bond donors (Lipinski definition) is 0. The molecular weight excluding hydrogens is 276 g/mol.